The van der Waals surface area contributed by atoms with E-state index >= 15 is 0 Å². The van der Waals surface area contributed by atoms with Gasteiger partial charge >= 0.3 is 6.36 Å². The molecule has 2 aromatic rings. The Balaban J connectivity index is 1.94. The van der Waals surface area contributed by atoms with E-state index in [1.165, 1.54) is 48.6 Å². The lowest BCUT2D eigenvalue weighted by atomic mass is 10.2. The van der Waals surface area contributed by atoms with Gasteiger partial charge in [0.1, 0.15) is 5.75 Å². The summed E-state index contributed by atoms with van der Waals surface area (Å²) in [7, 11) is 0. The van der Waals surface area contributed by atoms with E-state index in [0.717, 1.165) is 12.1 Å². The second-order valence-electron chi connectivity index (χ2n) is 4.74. The molecule has 1 amide bonds. The van der Waals surface area contributed by atoms with E-state index < -0.39 is 22.9 Å². The number of nitrogens with zero attached hydrogens (tertiary/aromatic N) is 1. The maximum absolute atomic E-state index is 12.0. The highest BCUT2D eigenvalue weighted by Gasteiger charge is 2.30. The number of carbonyl (C=O) groups excluding carboxylic acids is 1. The molecule has 9 heteroatoms. The molecule has 0 aliphatic carbocycles. The van der Waals surface area contributed by atoms with Gasteiger partial charge in [-0.25, -0.2) is 0 Å². The van der Waals surface area contributed by atoms with Gasteiger partial charge in [-0.2, -0.15) is 0 Å². The Kier molecular flexibility index (Phi) is 5.38. The number of hydrogen-bond acceptors (Lipinski definition) is 4. The van der Waals surface area contributed by atoms with Crippen LogP contribution in [-0.2, 0) is 4.79 Å². The molecular weight excluding hydrogens is 341 g/mol. The van der Waals surface area contributed by atoms with Crippen LogP contribution in [0.1, 0.15) is 5.56 Å². The molecule has 0 spiro atoms. The number of carbonyl (C=O) groups is 1. The molecule has 0 atom stereocenters. The Labute approximate surface area is 139 Å². The number of ether oxygens (including phenoxy) is 1. The van der Waals surface area contributed by atoms with Gasteiger partial charge in [-0.1, -0.05) is 0 Å². The van der Waals surface area contributed by atoms with E-state index in [-0.39, 0.29) is 11.4 Å². The molecule has 0 heterocycles. The van der Waals surface area contributed by atoms with Gasteiger partial charge in [-0.3, -0.25) is 14.9 Å². The summed E-state index contributed by atoms with van der Waals surface area (Å²) in [6, 6.07) is 10.2. The van der Waals surface area contributed by atoms with Crippen molar-refractivity contribution in [2.24, 2.45) is 0 Å². The lowest BCUT2D eigenvalue weighted by molar-refractivity contribution is -0.384. The van der Waals surface area contributed by atoms with Gasteiger partial charge in [0.25, 0.3) is 5.69 Å². The van der Waals surface area contributed by atoms with Crippen molar-refractivity contribution in [3.8, 4) is 5.75 Å². The smallest absolute Gasteiger partial charge is 0.406 e. The van der Waals surface area contributed by atoms with E-state index in [1.54, 1.807) is 0 Å². The van der Waals surface area contributed by atoms with Gasteiger partial charge in [-0.15, -0.1) is 13.2 Å². The quantitative estimate of drug-likeness (QED) is 0.498. The van der Waals surface area contributed by atoms with E-state index in [1.807, 2.05) is 0 Å². The third-order valence-electron chi connectivity index (χ3n) is 2.89. The lowest BCUT2D eigenvalue weighted by Crippen LogP contribution is -2.17. The SMILES string of the molecule is O=C(/C=C/c1ccc([N+](=O)[O-])cc1)Nc1ccc(OC(F)(F)F)cc1. The zero-order valence-electron chi connectivity index (χ0n) is 12.5. The number of anilines is 1. The van der Waals surface area contributed by atoms with Crippen LogP contribution in [0.2, 0.25) is 0 Å². The van der Waals surface area contributed by atoms with Crippen molar-refractivity contribution < 1.29 is 27.6 Å². The van der Waals surface area contributed by atoms with Crippen LogP contribution in [0, 0.1) is 10.1 Å². The molecule has 6 nitrogen and oxygen atoms in total. The zero-order valence-corrected chi connectivity index (χ0v) is 12.5. The number of non-ortho nitro benzene ring substituents is 1. The van der Waals surface area contributed by atoms with Gasteiger partial charge in [-0.05, 0) is 48.0 Å². The Morgan fingerprint density at radius 2 is 1.68 bits per heavy atom. The van der Waals surface area contributed by atoms with Crippen molar-refractivity contribution in [2.75, 3.05) is 5.32 Å². The normalized spacial score (nSPS) is 11.3. The van der Waals surface area contributed by atoms with Crippen LogP contribution in [0.5, 0.6) is 5.75 Å². The fourth-order valence-corrected chi connectivity index (χ4v) is 1.80. The van der Waals surface area contributed by atoms with E-state index in [0.29, 0.717) is 5.56 Å². The maximum atomic E-state index is 12.0. The molecule has 0 aliphatic heterocycles. The topological polar surface area (TPSA) is 81.5 Å². The van der Waals surface area contributed by atoms with Gasteiger partial charge in [0, 0.05) is 23.9 Å². The number of nitrogens with one attached hydrogen (secondary N) is 1. The second kappa shape index (κ2) is 7.47. The van der Waals surface area contributed by atoms with Crippen LogP contribution < -0.4 is 10.1 Å². The summed E-state index contributed by atoms with van der Waals surface area (Å²) in [6.07, 6.45) is -2.14. The van der Waals surface area contributed by atoms with Gasteiger partial charge in [0.05, 0.1) is 4.92 Å². The highest BCUT2D eigenvalue weighted by molar-refractivity contribution is 6.01. The van der Waals surface area contributed by atoms with Crippen LogP contribution in [0.25, 0.3) is 6.08 Å². The number of halogens is 3. The van der Waals surface area contributed by atoms with E-state index in [2.05, 4.69) is 10.1 Å². The second-order valence-corrected chi connectivity index (χ2v) is 4.74. The standard InChI is InChI=1S/C16H11F3N2O4/c17-16(18,19)25-14-8-4-12(5-9-14)20-15(22)10-3-11-1-6-13(7-2-11)21(23)24/h1-10H,(H,20,22)/b10-3+. The van der Waals surface area contributed by atoms with Crippen LogP contribution >= 0.6 is 0 Å². The molecular formula is C16H11F3N2O4. The number of benzene rings is 2. The molecule has 0 saturated heterocycles. The number of rotatable bonds is 5. The van der Waals surface area contributed by atoms with E-state index in [4.69, 9.17) is 0 Å². The molecule has 130 valence electrons. The molecule has 0 radical (unpaired) electrons. The van der Waals surface area contributed by atoms with Crippen molar-refractivity contribution >= 4 is 23.4 Å². The molecule has 0 saturated carbocycles. The van der Waals surface area contributed by atoms with Crippen molar-refractivity contribution in [1.29, 1.82) is 0 Å². The minimum atomic E-state index is -4.78. The van der Waals surface area contributed by atoms with Crippen molar-refractivity contribution in [1.82, 2.24) is 0 Å². The molecule has 0 aliphatic rings. The number of amides is 1. The molecule has 25 heavy (non-hydrogen) atoms. The fourth-order valence-electron chi connectivity index (χ4n) is 1.80. The first-order valence-electron chi connectivity index (χ1n) is 6.82. The average molecular weight is 352 g/mol. The summed E-state index contributed by atoms with van der Waals surface area (Å²) in [5.74, 6) is -0.908. The van der Waals surface area contributed by atoms with Crippen molar-refractivity contribution in [2.45, 2.75) is 6.36 Å². The number of hydrogen-bond donors (Lipinski definition) is 1. The van der Waals surface area contributed by atoms with Gasteiger partial charge in [0.2, 0.25) is 5.91 Å². The summed E-state index contributed by atoms with van der Waals surface area (Å²) in [5.41, 5.74) is 0.797. The first-order chi connectivity index (χ1) is 11.7. The van der Waals surface area contributed by atoms with Crippen molar-refractivity contribution in [3.05, 3.63) is 70.3 Å². The van der Waals surface area contributed by atoms with Crippen LogP contribution in [0.4, 0.5) is 24.5 Å². The Bertz CT molecular complexity index is 785. The summed E-state index contributed by atoms with van der Waals surface area (Å²) in [4.78, 5) is 21.8. The summed E-state index contributed by atoms with van der Waals surface area (Å²) >= 11 is 0. The monoisotopic (exact) mass is 352 g/mol. The molecule has 0 aromatic heterocycles. The fraction of sp³-hybridized carbons (Fsp3) is 0.0625. The molecule has 0 bridgehead atoms. The van der Waals surface area contributed by atoms with Gasteiger partial charge < -0.3 is 10.1 Å². The van der Waals surface area contributed by atoms with E-state index in [9.17, 15) is 28.1 Å². The predicted octanol–water partition coefficient (Wildman–Crippen LogP) is 4.15. The Morgan fingerprint density at radius 1 is 1.08 bits per heavy atom. The van der Waals surface area contributed by atoms with Crippen LogP contribution in [-0.4, -0.2) is 17.2 Å². The minimum Gasteiger partial charge on any atom is -0.406 e. The third kappa shape index (κ3) is 5.98. The number of alkyl halides is 3. The summed E-state index contributed by atoms with van der Waals surface area (Å²) in [6.45, 7) is 0. The average Bonchev–Trinajstić information content (AvgIpc) is 2.54. The Hall–Kier alpha value is -3.36. The molecule has 0 unspecified atom stereocenters. The summed E-state index contributed by atoms with van der Waals surface area (Å²) < 4.78 is 39.9. The maximum Gasteiger partial charge on any atom is 0.573 e. The first kappa shape index (κ1) is 18.0. The lowest BCUT2D eigenvalue weighted by Gasteiger charge is -2.09. The molecule has 2 rings (SSSR count). The summed E-state index contributed by atoms with van der Waals surface area (Å²) in [5, 5.41) is 13.0. The molecule has 0 fully saturated rings. The molecule has 2 aromatic carbocycles. The highest BCUT2D eigenvalue weighted by Crippen LogP contribution is 2.24. The van der Waals surface area contributed by atoms with Crippen LogP contribution in [0.3, 0.4) is 0 Å². The first-order valence-corrected chi connectivity index (χ1v) is 6.82. The minimum absolute atomic E-state index is 0.0669. The molecule has 1 N–H and O–H groups in total. The number of nitro benzene ring substituents is 1. The zero-order chi connectivity index (χ0) is 18.4. The third-order valence-corrected chi connectivity index (χ3v) is 2.89. The van der Waals surface area contributed by atoms with Gasteiger partial charge in [0.15, 0.2) is 0 Å². The van der Waals surface area contributed by atoms with Crippen molar-refractivity contribution in [3.63, 3.8) is 0 Å². The Morgan fingerprint density at radius 3 is 2.20 bits per heavy atom. The number of nitro groups is 1. The largest absolute Gasteiger partial charge is 0.573 e. The van der Waals surface area contributed by atoms with Crippen LogP contribution in [0.15, 0.2) is 54.6 Å². The highest BCUT2D eigenvalue weighted by atomic mass is 19.4. The predicted molar refractivity (Wildman–Crippen MR) is 83.9 cm³/mol.